The topological polar surface area (TPSA) is 105 Å². The van der Waals surface area contributed by atoms with E-state index in [0.29, 0.717) is 18.6 Å². The van der Waals surface area contributed by atoms with Gasteiger partial charge in [0.05, 0.1) is 7.11 Å². The average molecular weight is 437 g/mol. The molecule has 0 aromatic heterocycles. The van der Waals surface area contributed by atoms with Gasteiger partial charge in [-0.3, -0.25) is 9.59 Å². The fraction of sp³-hybridized carbons (Fsp3) is 0.400. The molecule has 0 aliphatic heterocycles. The van der Waals surface area contributed by atoms with Gasteiger partial charge in [0, 0.05) is 12.3 Å². The summed E-state index contributed by atoms with van der Waals surface area (Å²) in [6, 6.07) is 13.3. The molecule has 32 heavy (non-hydrogen) atoms. The van der Waals surface area contributed by atoms with Gasteiger partial charge in [-0.05, 0) is 60.4 Å². The first-order chi connectivity index (χ1) is 15.4. The molecule has 1 saturated carbocycles. The molecule has 1 fully saturated rings. The number of carbonyl (C=O) groups excluding carboxylic acids is 2. The van der Waals surface area contributed by atoms with Crippen molar-refractivity contribution in [3.63, 3.8) is 0 Å². The summed E-state index contributed by atoms with van der Waals surface area (Å²) < 4.78 is 5.12. The van der Waals surface area contributed by atoms with Crippen molar-refractivity contribution in [2.24, 2.45) is 11.8 Å². The van der Waals surface area contributed by atoms with Crippen LogP contribution in [-0.4, -0.2) is 42.1 Å². The van der Waals surface area contributed by atoms with E-state index in [-0.39, 0.29) is 24.2 Å². The maximum absolute atomic E-state index is 13.0. The quantitative estimate of drug-likeness (QED) is 0.559. The molecule has 7 nitrogen and oxygen atoms in total. The molecule has 2 aromatic rings. The van der Waals surface area contributed by atoms with Crippen LogP contribution in [0.1, 0.15) is 29.5 Å². The zero-order valence-corrected chi connectivity index (χ0v) is 18.0. The highest BCUT2D eigenvalue weighted by Gasteiger charge is 2.40. The van der Waals surface area contributed by atoms with E-state index in [4.69, 9.17) is 4.74 Å². The van der Waals surface area contributed by atoms with Crippen LogP contribution in [0.15, 0.2) is 48.5 Å². The number of carboxylic acids is 1. The third kappa shape index (κ3) is 5.10. The van der Waals surface area contributed by atoms with Gasteiger partial charge in [-0.2, -0.15) is 0 Å². The maximum atomic E-state index is 13.0. The number of carbonyl (C=O) groups is 3. The second-order valence-electron chi connectivity index (χ2n) is 8.65. The molecule has 0 saturated heterocycles. The molecule has 2 aliphatic carbocycles. The first-order valence-electron chi connectivity index (χ1n) is 11.0. The lowest BCUT2D eigenvalue weighted by molar-refractivity contribution is -0.142. The lowest BCUT2D eigenvalue weighted by Crippen LogP contribution is -2.54. The average Bonchev–Trinajstić information content (AvgIpc) is 3.54. The minimum absolute atomic E-state index is 0.0539. The fourth-order valence-corrected chi connectivity index (χ4v) is 4.30. The molecule has 3 N–H and O–H groups in total. The van der Waals surface area contributed by atoms with E-state index >= 15 is 0 Å². The Morgan fingerprint density at radius 3 is 2.16 bits per heavy atom. The smallest absolute Gasteiger partial charge is 0.326 e. The fourth-order valence-electron chi connectivity index (χ4n) is 4.30. The van der Waals surface area contributed by atoms with E-state index in [9.17, 15) is 19.5 Å². The number of methoxy groups -OCH3 is 1. The first-order valence-corrected chi connectivity index (χ1v) is 11.0. The number of amides is 2. The highest BCUT2D eigenvalue weighted by molar-refractivity contribution is 5.91. The Kier molecular flexibility index (Phi) is 6.44. The van der Waals surface area contributed by atoms with Gasteiger partial charge in [0.1, 0.15) is 17.8 Å². The number of hydrogen-bond donors (Lipinski definition) is 3. The van der Waals surface area contributed by atoms with Gasteiger partial charge in [0.15, 0.2) is 0 Å². The Morgan fingerprint density at radius 2 is 1.62 bits per heavy atom. The summed E-state index contributed by atoms with van der Waals surface area (Å²) in [4.78, 5) is 37.7. The summed E-state index contributed by atoms with van der Waals surface area (Å²) in [7, 11) is 1.56. The van der Waals surface area contributed by atoms with Crippen molar-refractivity contribution in [2.45, 2.75) is 44.2 Å². The summed E-state index contributed by atoms with van der Waals surface area (Å²) in [5.41, 5.74) is 3.12. The lowest BCUT2D eigenvalue weighted by atomic mass is 10.0. The third-order valence-electron chi connectivity index (χ3n) is 6.31. The van der Waals surface area contributed by atoms with Gasteiger partial charge in [-0.15, -0.1) is 0 Å². The lowest BCUT2D eigenvalue weighted by Gasteiger charge is -2.23. The third-order valence-corrected chi connectivity index (χ3v) is 6.31. The molecular weight excluding hydrogens is 408 g/mol. The highest BCUT2D eigenvalue weighted by atomic mass is 16.5. The van der Waals surface area contributed by atoms with E-state index in [0.717, 1.165) is 18.4 Å². The standard InChI is InChI=1S/C25H28N2O5/c1-32-20-10-6-15(7-11-20)12-21(25(30)31)26-24(29)22(16-8-9-16)27-23(28)19-13-17-4-2-3-5-18(17)14-19/h2-7,10-11,16,19,21-22H,8-9,12-14H2,1H3,(H,26,29)(H,27,28)(H,30,31). The van der Waals surface area contributed by atoms with Crippen LogP contribution in [-0.2, 0) is 33.6 Å². The molecular formula is C25H28N2O5. The Bertz CT molecular complexity index is 975. The van der Waals surface area contributed by atoms with Gasteiger partial charge in [-0.1, -0.05) is 36.4 Å². The van der Waals surface area contributed by atoms with Crippen LogP contribution in [0.2, 0.25) is 0 Å². The number of ether oxygens (including phenoxy) is 1. The van der Waals surface area contributed by atoms with E-state index in [1.54, 1.807) is 31.4 Å². The van der Waals surface area contributed by atoms with Crippen molar-refractivity contribution >= 4 is 17.8 Å². The minimum Gasteiger partial charge on any atom is -0.497 e. The minimum atomic E-state index is -1.11. The van der Waals surface area contributed by atoms with E-state index < -0.39 is 24.0 Å². The number of fused-ring (bicyclic) bond motifs is 1. The van der Waals surface area contributed by atoms with Crippen molar-refractivity contribution < 1.29 is 24.2 Å². The molecule has 4 rings (SSSR count). The maximum Gasteiger partial charge on any atom is 0.326 e. The summed E-state index contributed by atoms with van der Waals surface area (Å²) in [5, 5.41) is 15.2. The zero-order chi connectivity index (χ0) is 22.7. The molecule has 2 atom stereocenters. The molecule has 168 valence electrons. The zero-order valence-electron chi connectivity index (χ0n) is 18.0. The number of benzene rings is 2. The highest BCUT2D eigenvalue weighted by Crippen LogP contribution is 2.34. The predicted octanol–water partition coefficient (Wildman–Crippen LogP) is 2.12. The van der Waals surface area contributed by atoms with Crippen molar-refractivity contribution in [2.75, 3.05) is 7.11 Å². The Hall–Kier alpha value is -3.35. The SMILES string of the molecule is COc1ccc(CC(NC(=O)C(NC(=O)C2Cc3ccccc3C2)C2CC2)C(=O)O)cc1. The van der Waals surface area contributed by atoms with Crippen molar-refractivity contribution in [1.82, 2.24) is 10.6 Å². The van der Waals surface area contributed by atoms with Gasteiger partial charge < -0.3 is 20.5 Å². The molecule has 0 spiro atoms. The van der Waals surface area contributed by atoms with Gasteiger partial charge in [0.25, 0.3) is 0 Å². The van der Waals surface area contributed by atoms with E-state index in [1.165, 1.54) is 11.1 Å². The Balaban J connectivity index is 1.38. The van der Waals surface area contributed by atoms with Crippen LogP contribution < -0.4 is 15.4 Å². The number of carboxylic acid groups (broad SMARTS) is 1. The van der Waals surface area contributed by atoms with Crippen LogP contribution in [0.5, 0.6) is 5.75 Å². The Morgan fingerprint density at radius 1 is 1.00 bits per heavy atom. The summed E-state index contributed by atoms with van der Waals surface area (Å²) in [5.74, 6) is -1.15. The number of aliphatic carboxylic acids is 1. The van der Waals surface area contributed by atoms with Crippen molar-refractivity contribution in [3.8, 4) is 5.75 Å². The van der Waals surface area contributed by atoms with Crippen LogP contribution in [0.3, 0.4) is 0 Å². The molecule has 7 heteroatoms. The summed E-state index contributed by atoms with van der Waals surface area (Å²) >= 11 is 0. The number of hydrogen-bond acceptors (Lipinski definition) is 4. The largest absolute Gasteiger partial charge is 0.497 e. The molecule has 0 heterocycles. The van der Waals surface area contributed by atoms with Crippen molar-refractivity contribution in [3.05, 3.63) is 65.2 Å². The van der Waals surface area contributed by atoms with Crippen LogP contribution in [0.25, 0.3) is 0 Å². The number of nitrogens with one attached hydrogen (secondary N) is 2. The van der Waals surface area contributed by atoms with Gasteiger partial charge >= 0.3 is 5.97 Å². The molecule has 0 bridgehead atoms. The summed E-state index contributed by atoms with van der Waals surface area (Å²) in [6.07, 6.45) is 3.17. The van der Waals surface area contributed by atoms with E-state index in [2.05, 4.69) is 10.6 Å². The molecule has 0 radical (unpaired) electrons. The second kappa shape index (κ2) is 9.42. The van der Waals surface area contributed by atoms with Gasteiger partial charge in [-0.25, -0.2) is 4.79 Å². The molecule has 2 unspecified atom stereocenters. The normalized spacial score (nSPS) is 17.2. The second-order valence-corrected chi connectivity index (χ2v) is 8.65. The van der Waals surface area contributed by atoms with Gasteiger partial charge in [0.2, 0.25) is 11.8 Å². The van der Waals surface area contributed by atoms with Crippen molar-refractivity contribution in [1.29, 1.82) is 0 Å². The predicted molar refractivity (Wildman–Crippen MR) is 118 cm³/mol. The number of rotatable bonds is 9. The van der Waals surface area contributed by atoms with E-state index in [1.807, 2.05) is 24.3 Å². The monoisotopic (exact) mass is 436 g/mol. The van der Waals surface area contributed by atoms with Crippen LogP contribution in [0.4, 0.5) is 0 Å². The Labute approximate surface area is 187 Å². The molecule has 2 aliphatic rings. The van der Waals surface area contributed by atoms with Crippen LogP contribution >= 0.6 is 0 Å². The van der Waals surface area contributed by atoms with Crippen LogP contribution in [0, 0.1) is 11.8 Å². The summed E-state index contributed by atoms with van der Waals surface area (Å²) in [6.45, 7) is 0. The molecule has 2 aromatic carbocycles. The molecule has 2 amide bonds. The first kappa shape index (κ1) is 21.9.